The number of carbonyl (C=O) groups excluding carboxylic acids is 6. The number of aliphatic carboxylic acids is 2. The van der Waals surface area contributed by atoms with Gasteiger partial charge >= 0.3 is 11.9 Å². The smallest absolute Gasteiger partial charge is 0.328 e. The predicted molar refractivity (Wildman–Crippen MR) is 167 cm³/mol. The molecule has 12 heteroatoms. The van der Waals surface area contributed by atoms with Crippen LogP contribution in [-0.2, 0) is 38.2 Å². The van der Waals surface area contributed by atoms with Crippen molar-refractivity contribution < 1.29 is 48.5 Å². The number of carboxylic acids is 2. The minimum atomic E-state index is -1.62. The van der Waals surface area contributed by atoms with Gasteiger partial charge in [0.1, 0.15) is 12.6 Å². The van der Waals surface area contributed by atoms with Crippen LogP contribution in [0.15, 0.2) is 60.7 Å². The van der Waals surface area contributed by atoms with Crippen molar-refractivity contribution in [2.45, 2.75) is 58.4 Å². The molecule has 2 N–H and O–H groups in total. The van der Waals surface area contributed by atoms with E-state index in [1.54, 1.807) is 81.4 Å². The molecule has 0 aromatic heterocycles. The molecule has 0 aliphatic rings. The Hall–Kier alpha value is -4.74. The van der Waals surface area contributed by atoms with Crippen LogP contribution in [-0.4, -0.2) is 62.5 Å². The van der Waals surface area contributed by atoms with Crippen molar-refractivity contribution in [3.05, 3.63) is 71.8 Å². The number of carbonyl (C=O) groups is 6. The van der Waals surface area contributed by atoms with Crippen LogP contribution in [0.3, 0.4) is 0 Å². The minimum absolute atomic E-state index is 0.284. The number of hydrogen-bond donors (Lipinski definition) is 2. The van der Waals surface area contributed by atoms with Gasteiger partial charge in [-0.1, -0.05) is 88.4 Å². The molecule has 0 fully saturated rings. The first-order chi connectivity index (χ1) is 22.3. The molecule has 0 aliphatic carbocycles. The maximum atomic E-state index is 13.8. The van der Waals surface area contributed by atoms with Gasteiger partial charge in [-0.05, 0) is 41.7 Å². The van der Waals surface area contributed by atoms with Crippen molar-refractivity contribution in [3.63, 3.8) is 0 Å². The summed E-state index contributed by atoms with van der Waals surface area (Å²) in [5.74, 6) is -14.3. The van der Waals surface area contributed by atoms with Crippen molar-refractivity contribution in [1.29, 1.82) is 0 Å². The second-order valence-corrected chi connectivity index (χ2v) is 11.8. The largest absolute Gasteiger partial charge is 0.550 e. The Balaban J connectivity index is 2.71. The fourth-order valence-electron chi connectivity index (χ4n) is 6.04. The zero-order chi connectivity index (χ0) is 35.3. The van der Waals surface area contributed by atoms with Gasteiger partial charge in [-0.2, -0.15) is 0 Å². The third-order valence-corrected chi connectivity index (χ3v) is 8.59. The van der Waals surface area contributed by atoms with E-state index in [1.807, 2.05) is 0 Å². The Kier molecular flexibility index (Phi) is 15.1. The summed E-state index contributed by atoms with van der Waals surface area (Å²) in [6.07, 6.45) is -0.0911. The standard InChI is InChI=1S/C35H46N2O10/c1-7-24(22-14-10-8-11-15-22)29(34(43)44)26(32(40)36-19-27(38)46-5)18-25(23-16-12-9-13-17-23)28(33(41)42)21(4)31(39)37-30(20(2)3)35(45)47-6/h8-17,20-21,24-26,28-30H,7,18-19H2,1-6H3,(H,36,40)(H,37,39)(H,41,42)(H,43,44)/p-2. The van der Waals surface area contributed by atoms with Gasteiger partial charge in [0.25, 0.3) is 0 Å². The summed E-state index contributed by atoms with van der Waals surface area (Å²) in [7, 11) is 2.30. The highest BCUT2D eigenvalue weighted by Gasteiger charge is 2.42. The number of rotatable bonds is 18. The molecule has 0 spiro atoms. The van der Waals surface area contributed by atoms with Crippen molar-refractivity contribution in [2.75, 3.05) is 20.8 Å². The molecule has 0 saturated heterocycles. The van der Waals surface area contributed by atoms with Gasteiger partial charge in [0.2, 0.25) is 11.8 Å². The molecule has 2 rings (SSSR count). The number of methoxy groups -OCH3 is 2. The first-order valence-corrected chi connectivity index (χ1v) is 15.5. The maximum Gasteiger partial charge on any atom is 0.328 e. The summed E-state index contributed by atoms with van der Waals surface area (Å²) in [6.45, 7) is 5.93. The lowest BCUT2D eigenvalue weighted by Crippen LogP contribution is -2.51. The second-order valence-electron chi connectivity index (χ2n) is 11.8. The second kappa shape index (κ2) is 18.4. The average molecular weight is 653 g/mol. The molecule has 7 atom stereocenters. The molecule has 0 aliphatic heterocycles. The van der Waals surface area contributed by atoms with Gasteiger partial charge in [0.15, 0.2) is 0 Å². The number of carboxylic acid groups (broad SMARTS) is 2. The average Bonchev–Trinajstić information content (AvgIpc) is 3.06. The summed E-state index contributed by atoms with van der Waals surface area (Å²) in [5.41, 5.74) is 1.03. The lowest BCUT2D eigenvalue weighted by molar-refractivity contribution is -0.314. The molecule has 0 heterocycles. The molecular weight excluding hydrogens is 608 g/mol. The first-order valence-electron chi connectivity index (χ1n) is 15.5. The van der Waals surface area contributed by atoms with Gasteiger partial charge in [-0.15, -0.1) is 0 Å². The Morgan fingerprint density at radius 3 is 1.66 bits per heavy atom. The van der Waals surface area contributed by atoms with E-state index in [4.69, 9.17) is 4.74 Å². The summed E-state index contributed by atoms with van der Waals surface area (Å²) in [5, 5.41) is 30.9. The van der Waals surface area contributed by atoms with Crippen LogP contribution in [0.1, 0.15) is 63.5 Å². The quantitative estimate of drug-likeness (QED) is 0.219. The molecule has 0 bridgehead atoms. The van der Waals surface area contributed by atoms with Crippen LogP contribution in [0, 0.1) is 29.6 Å². The van der Waals surface area contributed by atoms with Crippen LogP contribution >= 0.6 is 0 Å². The number of benzene rings is 2. The van der Waals surface area contributed by atoms with Crippen LogP contribution in [0.2, 0.25) is 0 Å². The molecule has 0 saturated carbocycles. The predicted octanol–water partition coefficient (Wildman–Crippen LogP) is 0.942. The van der Waals surface area contributed by atoms with Crippen molar-refractivity contribution in [1.82, 2.24) is 10.6 Å². The molecule has 7 unspecified atom stereocenters. The van der Waals surface area contributed by atoms with Gasteiger partial charge < -0.3 is 39.9 Å². The molecule has 2 aromatic carbocycles. The third kappa shape index (κ3) is 10.4. The molecule has 0 radical (unpaired) electrons. The van der Waals surface area contributed by atoms with Crippen LogP contribution in [0.4, 0.5) is 0 Å². The number of esters is 2. The summed E-state index contributed by atoms with van der Waals surface area (Å²) < 4.78 is 9.43. The SMILES string of the molecule is CCC(c1ccccc1)C(C(=O)[O-])C(CC(c1ccccc1)C(C(=O)[O-])C(C)C(=O)NC(C(=O)OC)C(C)C)C(=O)NCC(=O)OC. The monoisotopic (exact) mass is 652 g/mol. The summed E-state index contributed by atoms with van der Waals surface area (Å²) in [4.78, 5) is 77.5. The van der Waals surface area contributed by atoms with Crippen LogP contribution in [0.5, 0.6) is 0 Å². The van der Waals surface area contributed by atoms with Crippen LogP contribution < -0.4 is 20.8 Å². The highest BCUT2D eigenvalue weighted by molar-refractivity contribution is 5.89. The molecular formula is C35H44N2O10-2. The Bertz CT molecular complexity index is 1360. The van der Waals surface area contributed by atoms with Gasteiger partial charge in [0, 0.05) is 35.6 Å². The zero-order valence-electron chi connectivity index (χ0n) is 27.6. The fraction of sp³-hybridized carbons (Fsp3) is 0.486. The lowest BCUT2D eigenvalue weighted by atomic mass is 9.68. The highest BCUT2D eigenvalue weighted by atomic mass is 16.5. The normalized spacial score (nSPS) is 15.6. The van der Waals surface area contributed by atoms with E-state index in [-0.39, 0.29) is 18.8 Å². The van der Waals surface area contributed by atoms with E-state index >= 15 is 0 Å². The van der Waals surface area contributed by atoms with E-state index in [2.05, 4.69) is 15.4 Å². The third-order valence-electron chi connectivity index (χ3n) is 8.59. The molecule has 2 aromatic rings. The van der Waals surface area contributed by atoms with Gasteiger partial charge in [0.05, 0.1) is 14.2 Å². The van der Waals surface area contributed by atoms with Crippen molar-refractivity contribution >= 4 is 35.7 Å². The first kappa shape index (κ1) is 38.4. The van der Waals surface area contributed by atoms with E-state index < -0.39 is 83.8 Å². The molecule has 47 heavy (non-hydrogen) atoms. The zero-order valence-corrected chi connectivity index (χ0v) is 27.6. The van der Waals surface area contributed by atoms with E-state index in [1.165, 1.54) is 14.0 Å². The molecule has 2 amide bonds. The fourth-order valence-corrected chi connectivity index (χ4v) is 6.04. The molecule has 12 nitrogen and oxygen atoms in total. The summed E-state index contributed by atoms with van der Waals surface area (Å²) in [6, 6.07) is 15.8. The van der Waals surface area contributed by atoms with E-state index in [0.29, 0.717) is 11.1 Å². The molecule has 256 valence electrons. The van der Waals surface area contributed by atoms with Gasteiger partial charge in [-0.3, -0.25) is 14.4 Å². The topological polar surface area (TPSA) is 191 Å². The van der Waals surface area contributed by atoms with Gasteiger partial charge in [-0.25, -0.2) is 4.79 Å². The Labute approximate surface area is 275 Å². The summed E-state index contributed by atoms with van der Waals surface area (Å²) >= 11 is 0. The number of amides is 2. The van der Waals surface area contributed by atoms with E-state index in [0.717, 1.165) is 7.11 Å². The Morgan fingerprint density at radius 2 is 1.23 bits per heavy atom. The van der Waals surface area contributed by atoms with E-state index in [9.17, 15) is 39.0 Å². The maximum absolute atomic E-state index is 13.8. The minimum Gasteiger partial charge on any atom is -0.550 e. The van der Waals surface area contributed by atoms with Crippen molar-refractivity contribution in [2.24, 2.45) is 29.6 Å². The lowest BCUT2D eigenvalue weighted by Gasteiger charge is -2.39. The number of hydrogen-bond acceptors (Lipinski definition) is 10. The number of nitrogens with one attached hydrogen (secondary N) is 2. The highest BCUT2D eigenvalue weighted by Crippen LogP contribution is 2.42. The van der Waals surface area contributed by atoms with Crippen LogP contribution in [0.25, 0.3) is 0 Å². The van der Waals surface area contributed by atoms with Crippen molar-refractivity contribution in [3.8, 4) is 0 Å². The Morgan fingerprint density at radius 1 is 0.723 bits per heavy atom. The number of ether oxygens (including phenoxy) is 2.